The normalized spacial score (nSPS) is 12.2. The standard InChI is InChI=1S/C15H20N4O/c1-10-6-4-5-7-12(10)13-8-14(19(3)18-13)17-15(20)11(2)9-16/h4-8,11H,9,16H2,1-3H3,(H,17,20). The van der Waals surface area contributed by atoms with E-state index in [0.717, 1.165) is 16.8 Å². The van der Waals surface area contributed by atoms with Crippen LogP contribution in [0.5, 0.6) is 0 Å². The largest absolute Gasteiger partial charge is 0.330 e. The average Bonchev–Trinajstić information content (AvgIpc) is 2.79. The van der Waals surface area contributed by atoms with E-state index >= 15 is 0 Å². The van der Waals surface area contributed by atoms with E-state index in [4.69, 9.17) is 5.73 Å². The van der Waals surface area contributed by atoms with E-state index in [-0.39, 0.29) is 11.8 Å². The number of aromatic nitrogens is 2. The van der Waals surface area contributed by atoms with Crippen LogP contribution in [-0.2, 0) is 11.8 Å². The molecule has 0 aliphatic heterocycles. The molecule has 2 aromatic rings. The summed E-state index contributed by atoms with van der Waals surface area (Å²) in [4.78, 5) is 11.9. The molecule has 1 aromatic carbocycles. The summed E-state index contributed by atoms with van der Waals surface area (Å²) in [6.07, 6.45) is 0. The van der Waals surface area contributed by atoms with Gasteiger partial charge in [0.25, 0.3) is 0 Å². The van der Waals surface area contributed by atoms with Crippen molar-refractivity contribution in [1.29, 1.82) is 0 Å². The lowest BCUT2D eigenvalue weighted by Crippen LogP contribution is -2.27. The van der Waals surface area contributed by atoms with Gasteiger partial charge >= 0.3 is 0 Å². The Balaban J connectivity index is 2.27. The molecular formula is C15H20N4O. The van der Waals surface area contributed by atoms with Crippen LogP contribution in [0.1, 0.15) is 12.5 Å². The van der Waals surface area contributed by atoms with Crippen molar-refractivity contribution < 1.29 is 4.79 Å². The molecule has 3 N–H and O–H groups in total. The minimum absolute atomic E-state index is 0.0909. The average molecular weight is 272 g/mol. The predicted molar refractivity (Wildman–Crippen MR) is 80.2 cm³/mol. The van der Waals surface area contributed by atoms with Crippen LogP contribution in [0.25, 0.3) is 11.3 Å². The van der Waals surface area contributed by atoms with Crippen LogP contribution < -0.4 is 11.1 Å². The highest BCUT2D eigenvalue weighted by Gasteiger charge is 2.15. The Morgan fingerprint density at radius 1 is 1.45 bits per heavy atom. The van der Waals surface area contributed by atoms with Crippen molar-refractivity contribution >= 4 is 11.7 Å². The number of anilines is 1. The number of carbonyl (C=O) groups is 1. The maximum atomic E-state index is 11.9. The molecule has 5 nitrogen and oxygen atoms in total. The molecule has 5 heteroatoms. The summed E-state index contributed by atoms with van der Waals surface area (Å²) in [5.41, 5.74) is 8.56. The quantitative estimate of drug-likeness (QED) is 0.893. The van der Waals surface area contributed by atoms with E-state index in [1.54, 1.807) is 11.6 Å². The lowest BCUT2D eigenvalue weighted by Gasteiger charge is -2.09. The zero-order valence-corrected chi connectivity index (χ0v) is 12.1. The Morgan fingerprint density at radius 2 is 2.15 bits per heavy atom. The fraction of sp³-hybridized carbons (Fsp3) is 0.333. The summed E-state index contributed by atoms with van der Waals surface area (Å²) in [5, 5.41) is 7.30. The number of rotatable bonds is 4. The monoisotopic (exact) mass is 272 g/mol. The molecule has 0 saturated carbocycles. The van der Waals surface area contributed by atoms with Crippen LogP contribution in [0.15, 0.2) is 30.3 Å². The maximum Gasteiger partial charge on any atom is 0.229 e. The zero-order chi connectivity index (χ0) is 14.7. The molecule has 2 rings (SSSR count). The first-order valence-corrected chi connectivity index (χ1v) is 6.64. The third kappa shape index (κ3) is 2.88. The summed E-state index contributed by atoms with van der Waals surface area (Å²) >= 11 is 0. The van der Waals surface area contributed by atoms with Crippen molar-refractivity contribution in [2.24, 2.45) is 18.7 Å². The third-order valence-electron chi connectivity index (χ3n) is 3.35. The van der Waals surface area contributed by atoms with Gasteiger partial charge in [-0.05, 0) is 12.5 Å². The first kappa shape index (κ1) is 14.3. The molecular weight excluding hydrogens is 252 g/mol. The number of amides is 1. The number of aryl methyl sites for hydroxylation is 2. The zero-order valence-electron chi connectivity index (χ0n) is 12.1. The molecule has 0 spiro atoms. The van der Waals surface area contributed by atoms with Crippen LogP contribution >= 0.6 is 0 Å². The number of nitrogens with one attached hydrogen (secondary N) is 1. The summed E-state index contributed by atoms with van der Waals surface area (Å²) in [6, 6.07) is 9.91. The third-order valence-corrected chi connectivity index (χ3v) is 3.35. The van der Waals surface area contributed by atoms with Crippen molar-refractivity contribution in [3.8, 4) is 11.3 Å². The number of nitrogens with zero attached hydrogens (tertiary/aromatic N) is 2. The summed E-state index contributed by atoms with van der Waals surface area (Å²) < 4.78 is 1.67. The number of benzene rings is 1. The molecule has 0 fully saturated rings. The first-order chi connectivity index (χ1) is 9.52. The SMILES string of the molecule is Cc1ccccc1-c1cc(NC(=O)C(C)CN)n(C)n1. The molecule has 0 bridgehead atoms. The van der Waals surface area contributed by atoms with Crippen molar-refractivity contribution in [3.05, 3.63) is 35.9 Å². The minimum Gasteiger partial charge on any atom is -0.330 e. The lowest BCUT2D eigenvalue weighted by atomic mass is 10.1. The van der Waals surface area contributed by atoms with E-state index in [1.807, 2.05) is 44.3 Å². The molecule has 1 unspecified atom stereocenters. The summed E-state index contributed by atoms with van der Waals surface area (Å²) in [5.74, 6) is 0.368. The summed E-state index contributed by atoms with van der Waals surface area (Å²) in [6.45, 7) is 4.17. The molecule has 0 aliphatic rings. The van der Waals surface area contributed by atoms with Crippen molar-refractivity contribution in [2.45, 2.75) is 13.8 Å². The smallest absolute Gasteiger partial charge is 0.229 e. The molecule has 106 valence electrons. The molecule has 1 atom stereocenters. The van der Waals surface area contributed by atoms with Crippen molar-refractivity contribution in [3.63, 3.8) is 0 Å². The van der Waals surface area contributed by atoms with E-state index in [2.05, 4.69) is 10.4 Å². The second-order valence-corrected chi connectivity index (χ2v) is 4.98. The van der Waals surface area contributed by atoms with E-state index in [9.17, 15) is 4.79 Å². The topological polar surface area (TPSA) is 72.9 Å². The van der Waals surface area contributed by atoms with Gasteiger partial charge in [-0.2, -0.15) is 5.10 Å². The highest BCUT2D eigenvalue weighted by Crippen LogP contribution is 2.24. The Kier molecular flexibility index (Phi) is 4.20. The van der Waals surface area contributed by atoms with Crippen LogP contribution in [0.3, 0.4) is 0 Å². The lowest BCUT2D eigenvalue weighted by molar-refractivity contribution is -0.119. The van der Waals surface area contributed by atoms with Gasteiger partial charge in [-0.1, -0.05) is 31.2 Å². The van der Waals surface area contributed by atoms with Crippen molar-refractivity contribution in [2.75, 3.05) is 11.9 Å². The number of carbonyl (C=O) groups excluding carboxylic acids is 1. The first-order valence-electron chi connectivity index (χ1n) is 6.64. The van der Waals surface area contributed by atoms with Gasteiger partial charge in [-0.25, -0.2) is 0 Å². The molecule has 1 amide bonds. The Bertz CT molecular complexity index is 618. The molecule has 20 heavy (non-hydrogen) atoms. The highest BCUT2D eigenvalue weighted by molar-refractivity contribution is 5.92. The number of nitrogens with two attached hydrogens (primary N) is 1. The molecule has 0 aliphatic carbocycles. The highest BCUT2D eigenvalue weighted by atomic mass is 16.2. The van der Waals surface area contributed by atoms with Gasteiger partial charge in [0.1, 0.15) is 5.82 Å². The second kappa shape index (κ2) is 5.88. The van der Waals surface area contributed by atoms with Gasteiger partial charge in [0.2, 0.25) is 5.91 Å². The minimum atomic E-state index is -0.216. The van der Waals surface area contributed by atoms with Gasteiger partial charge in [-0.3, -0.25) is 9.48 Å². The van der Waals surface area contributed by atoms with Gasteiger partial charge in [0.05, 0.1) is 5.69 Å². The Morgan fingerprint density at radius 3 is 2.80 bits per heavy atom. The predicted octanol–water partition coefficient (Wildman–Crippen LogP) is 1.93. The molecule has 0 saturated heterocycles. The van der Waals surface area contributed by atoms with Crippen molar-refractivity contribution in [1.82, 2.24) is 9.78 Å². The van der Waals surface area contributed by atoms with Gasteiger partial charge in [0, 0.05) is 31.1 Å². The van der Waals surface area contributed by atoms with E-state index < -0.39 is 0 Å². The maximum absolute atomic E-state index is 11.9. The summed E-state index contributed by atoms with van der Waals surface area (Å²) in [7, 11) is 1.81. The number of hydrogen-bond donors (Lipinski definition) is 2. The Hall–Kier alpha value is -2.14. The van der Waals surface area contributed by atoms with E-state index in [1.165, 1.54) is 0 Å². The van der Waals surface area contributed by atoms with Crippen LogP contribution in [0, 0.1) is 12.8 Å². The van der Waals surface area contributed by atoms with Crippen LogP contribution in [0.4, 0.5) is 5.82 Å². The van der Waals surface area contributed by atoms with E-state index in [0.29, 0.717) is 12.4 Å². The molecule has 0 radical (unpaired) electrons. The fourth-order valence-corrected chi connectivity index (χ4v) is 1.93. The fourth-order valence-electron chi connectivity index (χ4n) is 1.93. The van der Waals surface area contributed by atoms with Crippen LogP contribution in [-0.4, -0.2) is 22.2 Å². The molecule has 1 heterocycles. The van der Waals surface area contributed by atoms with Gasteiger partial charge in [-0.15, -0.1) is 0 Å². The second-order valence-electron chi connectivity index (χ2n) is 4.98. The van der Waals surface area contributed by atoms with Crippen LogP contribution in [0.2, 0.25) is 0 Å². The molecule has 1 aromatic heterocycles. The van der Waals surface area contributed by atoms with Gasteiger partial charge < -0.3 is 11.1 Å². The van der Waals surface area contributed by atoms with Gasteiger partial charge in [0.15, 0.2) is 0 Å². The number of hydrogen-bond acceptors (Lipinski definition) is 3. The Labute approximate surface area is 118 Å².